The van der Waals surface area contributed by atoms with Crippen molar-refractivity contribution in [2.75, 3.05) is 29.9 Å². The lowest BCUT2D eigenvalue weighted by Gasteiger charge is -2.22. The van der Waals surface area contributed by atoms with Gasteiger partial charge in [-0.25, -0.2) is 0 Å². The summed E-state index contributed by atoms with van der Waals surface area (Å²) >= 11 is 0. The molecule has 1 amide bonds. The number of carbonyl (C=O) groups is 2. The van der Waals surface area contributed by atoms with Gasteiger partial charge in [-0.05, 0) is 32.0 Å². The number of carbonyl (C=O) groups excluding carboxylic acids is 2. The van der Waals surface area contributed by atoms with Crippen LogP contribution in [0.25, 0.3) is 0 Å². The van der Waals surface area contributed by atoms with E-state index in [0.29, 0.717) is 18.8 Å². The summed E-state index contributed by atoms with van der Waals surface area (Å²) in [6.07, 6.45) is 0. The van der Waals surface area contributed by atoms with E-state index in [1.54, 1.807) is 6.92 Å². The van der Waals surface area contributed by atoms with E-state index in [1.165, 1.54) is 6.92 Å². The number of hydrogen-bond acceptors (Lipinski definition) is 4. The van der Waals surface area contributed by atoms with Crippen molar-refractivity contribution in [2.45, 2.75) is 20.8 Å². The van der Waals surface area contributed by atoms with Crippen LogP contribution in [0.5, 0.6) is 0 Å². The molecule has 0 aromatic heterocycles. The summed E-state index contributed by atoms with van der Waals surface area (Å²) in [5, 5.41) is 2.72. The molecule has 0 bridgehead atoms. The second-order valence-corrected chi connectivity index (χ2v) is 4.05. The van der Waals surface area contributed by atoms with E-state index < -0.39 is 0 Å². The first-order chi connectivity index (χ1) is 9.06. The SMILES string of the molecule is CCOC(=O)CN(CC)c1cccc(NC(C)=O)c1. The fourth-order valence-electron chi connectivity index (χ4n) is 1.73. The third kappa shape index (κ3) is 4.99. The molecule has 0 fully saturated rings. The number of anilines is 2. The van der Waals surface area contributed by atoms with E-state index in [2.05, 4.69) is 5.32 Å². The number of benzene rings is 1. The standard InChI is InChI=1S/C14H20N2O3/c1-4-16(10-14(18)19-5-2)13-8-6-7-12(9-13)15-11(3)17/h6-9H,4-5,10H2,1-3H3,(H,15,17). The highest BCUT2D eigenvalue weighted by atomic mass is 16.5. The van der Waals surface area contributed by atoms with Gasteiger partial charge in [0, 0.05) is 24.8 Å². The highest BCUT2D eigenvalue weighted by Crippen LogP contribution is 2.19. The van der Waals surface area contributed by atoms with Crippen LogP contribution in [0.3, 0.4) is 0 Å². The summed E-state index contributed by atoms with van der Waals surface area (Å²) in [5.74, 6) is -0.375. The molecule has 0 unspecified atom stereocenters. The lowest BCUT2D eigenvalue weighted by molar-refractivity contribution is -0.141. The van der Waals surface area contributed by atoms with E-state index in [9.17, 15) is 9.59 Å². The molecule has 1 N–H and O–H groups in total. The number of nitrogens with zero attached hydrogens (tertiary/aromatic N) is 1. The molecule has 1 rings (SSSR count). The number of amides is 1. The van der Waals surface area contributed by atoms with Gasteiger partial charge in [0.1, 0.15) is 6.54 Å². The Hall–Kier alpha value is -2.04. The molecule has 0 spiro atoms. The Morgan fingerprint density at radius 1 is 1.32 bits per heavy atom. The summed E-state index contributed by atoms with van der Waals surface area (Å²) in [6.45, 7) is 6.47. The van der Waals surface area contributed by atoms with Crippen LogP contribution in [0.2, 0.25) is 0 Å². The Bertz CT molecular complexity index is 446. The Morgan fingerprint density at radius 2 is 2.05 bits per heavy atom. The number of rotatable bonds is 6. The maximum Gasteiger partial charge on any atom is 0.325 e. The maximum atomic E-state index is 11.5. The summed E-state index contributed by atoms with van der Waals surface area (Å²) in [7, 11) is 0. The second kappa shape index (κ2) is 7.41. The van der Waals surface area contributed by atoms with E-state index >= 15 is 0 Å². The molecule has 104 valence electrons. The summed E-state index contributed by atoms with van der Waals surface area (Å²) in [4.78, 5) is 24.4. The van der Waals surface area contributed by atoms with Crippen molar-refractivity contribution < 1.29 is 14.3 Å². The second-order valence-electron chi connectivity index (χ2n) is 4.05. The molecular formula is C14H20N2O3. The maximum absolute atomic E-state index is 11.5. The van der Waals surface area contributed by atoms with Crippen LogP contribution < -0.4 is 10.2 Å². The zero-order chi connectivity index (χ0) is 14.3. The third-order valence-electron chi connectivity index (χ3n) is 2.54. The Labute approximate surface area is 113 Å². The van der Waals surface area contributed by atoms with Crippen molar-refractivity contribution in [1.29, 1.82) is 0 Å². The molecule has 1 aromatic rings. The summed E-state index contributed by atoms with van der Waals surface area (Å²) in [6, 6.07) is 7.38. The molecule has 0 aliphatic heterocycles. The van der Waals surface area contributed by atoms with Gasteiger partial charge in [-0.1, -0.05) is 6.07 Å². The van der Waals surface area contributed by atoms with Crippen LogP contribution in [0, 0.1) is 0 Å². The predicted molar refractivity (Wildman–Crippen MR) is 75.3 cm³/mol. The lowest BCUT2D eigenvalue weighted by Crippen LogP contribution is -2.30. The fraction of sp³-hybridized carbons (Fsp3) is 0.429. The molecule has 5 nitrogen and oxygen atoms in total. The monoisotopic (exact) mass is 264 g/mol. The molecule has 0 atom stereocenters. The zero-order valence-corrected chi connectivity index (χ0v) is 11.6. The Balaban J connectivity index is 2.80. The molecule has 0 aliphatic carbocycles. The number of ether oxygens (including phenoxy) is 1. The number of likely N-dealkylation sites (N-methyl/N-ethyl adjacent to an activating group) is 1. The van der Waals surface area contributed by atoms with Crippen molar-refractivity contribution in [3.05, 3.63) is 24.3 Å². The highest BCUT2D eigenvalue weighted by Gasteiger charge is 2.11. The minimum atomic E-state index is -0.255. The quantitative estimate of drug-likeness (QED) is 0.799. The third-order valence-corrected chi connectivity index (χ3v) is 2.54. The van der Waals surface area contributed by atoms with Gasteiger partial charge in [0.05, 0.1) is 6.61 Å². The number of esters is 1. The fourth-order valence-corrected chi connectivity index (χ4v) is 1.73. The number of nitrogens with one attached hydrogen (secondary N) is 1. The van der Waals surface area contributed by atoms with Crippen molar-refractivity contribution in [1.82, 2.24) is 0 Å². The van der Waals surface area contributed by atoms with Crippen molar-refractivity contribution >= 4 is 23.3 Å². The smallest absolute Gasteiger partial charge is 0.325 e. The van der Waals surface area contributed by atoms with Gasteiger partial charge in [-0.3, -0.25) is 9.59 Å². The zero-order valence-electron chi connectivity index (χ0n) is 11.6. The minimum Gasteiger partial charge on any atom is -0.465 e. The van der Waals surface area contributed by atoms with E-state index in [0.717, 1.165) is 5.69 Å². The lowest BCUT2D eigenvalue weighted by atomic mass is 10.2. The van der Waals surface area contributed by atoms with Gasteiger partial charge >= 0.3 is 5.97 Å². The average molecular weight is 264 g/mol. The molecule has 0 aliphatic rings. The van der Waals surface area contributed by atoms with Gasteiger partial charge in [0.15, 0.2) is 0 Å². The van der Waals surface area contributed by atoms with E-state index in [-0.39, 0.29) is 18.4 Å². The first kappa shape index (κ1) is 15.0. The molecule has 0 heterocycles. The molecule has 5 heteroatoms. The van der Waals surface area contributed by atoms with Crippen LogP contribution >= 0.6 is 0 Å². The van der Waals surface area contributed by atoms with Crippen molar-refractivity contribution in [3.63, 3.8) is 0 Å². The molecule has 0 saturated carbocycles. The van der Waals surface area contributed by atoms with Gasteiger partial charge in [0.2, 0.25) is 5.91 Å². The molecule has 0 saturated heterocycles. The first-order valence-electron chi connectivity index (χ1n) is 6.35. The van der Waals surface area contributed by atoms with E-state index in [1.807, 2.05) is 36.1 Å². The first-order valence-corrected chi connectivity index (χ1v) is 6.35. The van der Waals surface area contributed by atoms with Crippen LogP contribution in [-0.2, 0) is 14.3 Å². The highest BCUT2D eigenvalue weighted by molar-refractivity contribution is 5.89. The number of hydrogen-bond donors (Lipinski definition) is 1. The molecule has 0 radical (unpaired) electrons. The molecule has 1 aromatic carbocycles. The summed E-state index contributed by atoms with van der Waals surface area (Å²) in [5.41, 5.74) is 1.59. The predicted octanol–water partition coefficient (Wildman–Crippen LogP) is 2.03. The van der Waals surface area contributed by atoms with Gasteiger partial charge in [-0.2, -0.15) is 0 Å². The van der Waals surface area contributed by atoms with Crippen LogP contribution in [-0.4, -0.2) is 31.6 Å². The average Bonchev–Trinajstić information content (AvgIpc) is 2.35. The Morgan fingerprint density at radius 3 is 2.63 bits per heavy atom. The van der Waals surface area contributed by atoms with Crippen molar-refractivity contribution in [3.8, 4) is 0 Å². The van der Waals surface area contributed by atoms with Gasteiger partial charge < -0.3 is 15.0 Å². The minimum absolute atomic E-state index is 0.120. The van der Waals surface area contributed by atoms with Crippen molar-refractivity contribution in [2.24, 2.45) is 0 Å². The van der Waals surface area contributed by atoms with Gasteiger partial charge in [-0.15, -0.1) is 0 Å². The molecular weight excluding hydrogens is 244 g/mol. The summed E-state index contributed by atoms with van der Waals surface area (Å²) < 4.78 is 4.94. The largest absolute Gasteiger partial charge is 0.465 e. The normalized spacial score (nSPS) is 9.84. The van der Waals surface area contributed by atoms with Crippen LogP contribution in [0.15, 0.2) is 24.3 Å². The van der Waals surface area contributed by atoms with E-state index in [4.69, 9.17) is 4.74 Å². The topological polar surface area (TPSA) is 58.6 Å². The van der Waals surface area contributed by atoms with Crippen LogP contribution in [0.4, 0.5) is 11.4 Å². The Kier molecular flexibility index (Phi) is 5.85. The molecule has 19 heavy (non-hydrogen) atoms. The van der Waals surface area contributed by atoms with Gasteiger partial charge in [0.25, 0.3) is 0 Å². The van der Waals surface area contributed by atoms with Crippen LogP contribution in [0.1, 0.15) is 20.8 Å².